The van der Waals surface area contributed by atoms with Crippen molar-refractivity contribution in [2.24, 2.45) is 5.92 Å². The number of nitrogens with one attached hydrogen (secondary N) is 2. The molecule has 0 radical (unpaired) electrons. The Morgan fingerprint density at radius 3 is 2.42 bits per heavy atom. The summed E-state index contributed by atoms with van der Waals surface area (Å²) in [5, 5.41) is 5.69. The number of hydrogen-bond acceptors (Lipinski definition) is 2. The van der Waals surface area contributed by atoms with Crippen molar-refractivity contribution >= 4 is 11.6 Å². The van der Waals surface area contributed by atoms with E-state index in [1.54, 1.807) is 0 Å². The van der Waals surface area contributed by atoms with Crippen molar-refractivity contribution in [3.8, 4) is 0 Å². The SMILES string of the molecule is CC1CCNC1C(=O)Nc1ccc(C(F)(F)F)cc1. The summed E-state index contributed by atoms with van der Waals surface area (Å²) in [7, 11) is 0. The standard InChI is InChI=1S/C13H15F3N2O/c1-8-6-7-17-11(8)12(19)18-10-4-2-9(3-5-10)13(14,15)16/h2-5,8,11,17H,6-7H2,1H3,(H,18,19). The number of amides is 1. The van der Waals surface area contributed by atoms with E-state index in [2.05, 4.69) is 10.6 Å². The molecule has 6 heteroatoms. The Kier molecular flexibility index (Phi) is 3.80. The van der Waals surface area contributed by atoms with Crippen LogP contribution in [-0.2, 0) is 11.0 Å². The van der Waals surface area contributed by atoms with Gasteiger partial charge in [0.15, 0.2) is 0 Å². The zero-order valence-corrected chi connectivity index (χ0v) is 10.4. The average molecular weight is 272 g/mol. The molecule has 2 unspecified atom stereocenters. The second-order valence-electron chi connectivity index (χ2n) is 4.76. The molecule has 1 heterocycles. The van der Waals surface area contributed by atoms with Crippen LogP contribution in [0.15, 0.2) is 24.3 Å². The van der Waals surface area contributed by atoms with E-state index in [9.17, 15) is 18.0 Å². The molecule has 1 fully saturated rings. The number of alkyl halides is 3. The van der Waals surface area contributed by atoms with Gasteiger partial charge in [-0.2, -0.15) is 13.2 Å². The molecule has 0 aliphatic carbocycles. The minimum atomic E-state index is -4.36. The lowest BCUT2D eigenvalue weighted by molar-refractivity contribution is -0.137. The lowest BCUT2D eigenvalue weighted by Gasteiger charge is -2.15. The molecule has 104 valence electrons. The fraction of sp³-hybridized carbons (Fsp3) is 0.462. The van der Waals surface area contributed by atoms with Crippen LogP contribution in [-0.4, -0.2) is 18.5 Å². The fourth-order valence-electron chi connectivity index (χ4n) is 2.15. The molecule has 3 nitrogen and oxygen atoms in total. The first-order chi connectivity index (χ1) is 8.88. The maximum absolute atomic E-state index is 12.4. The third-order valence-electron chi connectivity index (χ3n) is 3.30. The van der Waals surface area contributed by atoms with Crippen LogP contribution in [0.1, 0.15) is 18.9 Å². The highest BCUT2D eigenvalue weighted by molar-refractivity contribution is 5.95. The van der Waals surface area contributed by atoms with E-state index in [1.165, 1.54) is 12.1 Å². The lowest BCUT2D eigenvalue weighted by Crippen LogP contribution is -2.39. The zero-order valence-electron chi connectivity index (χ0n) is 10.4. The Labute approximate surface area is 109 Å². The Hall–Kier alpha value is -1.56. The van der Waals surface area contributed by atoms with Crippen LogP contribution in [0.2, 0.25) is 0 Å². The Morgan fingerprint density at radius 2 is 1.95 bits per heavy atom. The van der Waals surface area contributed by atoms with E-state index in [4.69, 9.17) is 0 Å². The first kappa shape index (κ1) is 13.9. The number of carbonyl (C=O) groups excluding carboxylic acids is 1. The normalized spacial score (nSPS) is 23.4. The second kappa shape index (κ2) is 5.21. The minimum absolute atomic E-state index is 0.204. The smallest absolute Gasteiger partial charge is 0.325 e. The number of rotatable bonds is 2. The summed E-state index contributed by atoms with van der Waals surface area (Å²) in [6.07, 6.45) is -3.44. The summed E-state index contributed by atoms with van der Waals surface area (Å²) < 4.78 is 37.1. The molecule has 2 N–H and O–H groups in total. The highest BCUT2D eigenvalue weighted by Crippen LogP contribution is 2.29. The molecule has 0 aromatic heterocycles. The van der Waals surface area contributed by atoms with Gasteiger partial charge in [0.1, 0.15) is 0 Å². The Balaban J connectivity index is 2.02. The first-order valence-corrected chi connectivity index (χ1v) is 6.09. The molecule has 19 heavy (non-hydrogen) atoms. The van der Waals surface area contributed by atoms with Crippen LogP contribution in [0.3, 0.4) is 0 Å². The van der Waals surface area contributed by atoms with Gasteiger partial charge >= 0.3 is 6.18 Å². The molecule has 1 aliphatic heterocycles. The molecule has 0 bridgehead atoms. The molecule has 0 spiro atoms. The average Bonchev–Trinajstić information content (AvgIpc) is 2.75. The maximum Gasteiger partial charge on any atom is 0.416 e. The van der Waals surface area contributed by atoms with E-state index in [0.29, 0.717) is 5.69 Å². The van der Waals surface area contributed by atoms with E-state index < -0.39 is 11.7 Å². The summed E-state index contributed by atoms with van der Waals surface area (Å²) in [6.45, 7) is 2.75. The lowest BCUT2D eigenvalue weighted by atomic mass is 10.0. The molecule has 1 aliphatic rings. The van der Waals surface area contributed by atoms with Gasteiger partial charge in [-0.3, -0.25) is 4.79 Å². The van der Waals surface area contributed by atoms with Crippen LogP contribution in [0, 0.1) is 5.92 Å². The molecule has 1 saturated heterocycles. The van der Waals surface area contributed by atoms with E-state index in [-0.39, 0.29) is 17.9 Å². The summed E-state index contributed by atoms with van der Waals surface area (Å²) in [4.78, 5) is 11.9. The third-order valence-corrected chi connectivity index (χ3v) is 3.30. The molecule has 2 rings (SSSR count). The Bertz CT molecular complexity index is 456. The molecule has 1 aromatic carbocycles. The van der Waals surface area contributed by atoms with Gasteiger partial charge in [0, 0.05) is 5.69 Å². The number of hydrogen-bond donors (Lipinski definition) is 2. The largest absolute Gasteiger partial charge is 0.416 e. The van der Waals surface area contributed by atoms with Crippen LogP contribution in [0.25, 0.3) is 0 Å². The van der Waals surface area contributed by atoms with Crippen molar-refractivity contribution in [2.75, 3.05) is 11.9 Å². The van der Waals surface area contributed by atoms with E-state index in [0.717, 1.165) is 25.1 Å². The number of halogens is 3. The van der Waals surface area contributed by atoms with Crippen molar-refractivity contribution in [3.05, 3.63) is 29.8 Å². The highest BCUT2D eigenvalue weighted by atomic mass is 19.4. The fourth-order valence-corrected chi connectivity index (χ4v) is 2.15. The van der Waals surface area contributed by atoms with Crippen LogP contribution in [0.5, 0.6) is 0 Å². The topological polar surface area (TPSA) is 41.1 Å². The van der Waals surface area contributed by atoms with Crippen LogP contribution < -0.4 is 10.6 Å². The summed E-state index contributed by atoms with van der Waals surface area (Å²) in [5.74, 6) is 0.0270. The summed E-state index contributed by atoms with van der Waals surface area (Å²) in [5.41, 5.74) is -0.350. The molecule has 0 saturated carbocycles. The van der Waals surface area contributed by atoms with Gasteiger partial charge in [0.05, 0.1) is 11.6 Å². The van der Waals surface area contributed by atoms with Crippen molar-refractivity contribution in [2.45, 2.75) is 25.6 Å². The van der Waals surface area contributed by atoms with Gasteiger partial charge < -0.3 is 10.6 Å². The monoisotopic (exact) mass is 272 g/mol. The second-order valence-corrected chi connectivity index (χ2v) is 4.76. The van der Waals surface area contributed by atoms with E-state index >= 15 is 0 Å². The molecular formula is C13H15F3N2O. The highest BCUT2D eigenvalue weighted by Gasteiger charge is 2.31. The van der Waals surface area contributed by atoms with Crippen LogP contribution >= 0.6 is 0 Å². The molecule has 2 atom stereocenters. The predicted molar refractivity (Wildman–Crippen MR) is 65.6 cm³/mol. The molecule has 1 amide bonds. The predicted octanol–water partition coefficient (Wildman–Crippen LogP) is 2.64. The summed E-state index contributed by atoms with van der Waals surface area (Å²) >= 11 is 0. The van der Waals surface area contributed by atoms with Gasteiger partial charge in [-0.15, -0.1) is 0 Å². The summed E-state index contributed by atoms with van der Waals surface area (Å²) in [6, 6.07) is 4.17. The van der Waals surface area contributed by atoms with Gasteiger partial charge in [-0.1, -0.05) is 6.92 Å². The molecular weight excluding hydrogens is 257 g/mol. The van der Waals surface area contributed by atoms with Gasteiger partial charge in [-0.05, 0) is 43.1 Å². The number of anilines is 1. The van der Waals surface area contributed by atoms with Crippen molar-refractivity contribution in [3.63, 3.8) is 0 Å². The van der Waals surface area contributed by atoms with Crippen LogP contribution in [0.4, 0.5) is 18.9 Å². The Morgan fingerprint density at radius 1 is 1.32 bits per heavy atom. The van der Waals surface area contributed by atoms with Crippen molar-refractivity contribution < 1.29 is 18.0 Å². The third kappa shape index (κ3) is 3.26. The minimum Gasteiger partial charge on any atom is -0.325 e. The van der Waals surface area contributed by atoms with Gasteiger partial charge in [-0.25, -0.2) is 0 Å². The van der Waals surface area contributed by atoms with Gasteiger partial charge in [0.25, 0.3) is 0 Å². The number of benzene rings is 1. The zero-order chi connectivity index (χ0) is 14.0. The number of carbonyl (C=O) groups is 1. The quantitative estimate of drug-likeness (QED) is 0.869. The van der Waals surface area contributed by atoms with Gasteiger partial charge in [0.2, 0.25) is 5.91 Å². The van der Waals surface area contributed by atoms with Crippen molar-refractivity contribution in [1.82, 2.24) is 5.32 Å². The van der Waals surface area contributed by atoms with Crippen molar-refractivity contribution in [1.29, 1.82) is 0 Å². The first-order valence-electron chi connectivity index (χ1n) is 6.09. The maximum atomic E-state index is 12.4. The molecule has 1 aromatic rings. The van der Waals surface area contributed by atoms with E-state index in [1.807, 2.05) is 6.92 Å².